The summed E-state index contributed by atoms with van der Waals surface area (Å²) in [5.74, 6) is 0. The molecule has 1 aromatic carbocycles. The fraction of sp³-hybridized carbons (Fsp3) is 0.375. The molecule has 0 aliphatic rings. The maximum Gasteiger partial charge on any atom is 0.0364 e. The van der Waals surface area contributed by atoms with Gasteiger partial charge in [0.1, 0.15) is 0 Å². The average Bonchev–Trinajstić information content (AvgIpc) is 2.85. The van der Waals surface area contributed by atoms with Crippen molar-refractivity contribution in [2.24, 2.45) is 0 Å². The summed E-state index contributed by atoms with van der Waals surface area (Å²) in [4.78, 5) is 0. The molecule has 18 heavy (non-hydrogen) atoms. The third-order valence-electron chi connectivity index (χ3n) is 3.28. The van der Waals surface area contributed by atoms with Crippen LogP contribution >= 0.6 is 0 Å². The van der Waals surface area contributed by atoms with Gasteiger partial charge in [-0.15, -0.1) is 0 Å². The van der Waals surface area contributed by atoms with Crippen LogP contribution in [-0.4, -0.2) is 4.57 Å². The lowest BCUT2D eigenvalue weighted by Crippen LogP contribution is -2.20. The van der Waals surface area contributed by atoms with E-state index in [-0.39, 0.29) is 0 Å². The molecule has 0 amide bonds. The minimum atomic E-state index is 0.385. The van der Waals surface area contributed by atoms with E-state index in [2.05, 4.69) is 72.4 Å². The number of benzene rings is 1. The van der Waals surface area contributed by atoms with Crippen LogP contribution in [0.4, 0.5) is 0 Å². The second-order valence-electron chi connectivity index (χ2n) is 4.71. The quantitative estimate of drug-likeness (QED) is 0.816. The van der Waals surface area contributed by atoms with E-state index >= 15 is 0 Å². The number of aryl methyl sites for hydroxylation is 1. The van der Waals surface area contributed by atoms with Gasteiger partial charge in [0.15, 0.2) is 0 Å². The van der Waals surface area contributed by atoms with Crippen LogP contribution in [0.25, 0.3) is 0 Å². The van der Waals surface area contributed by atoms with Crippen molar-refractivity contribution < 1.29 is 0 Å². The molecule has 0 saturated heterocycles. The summed E-state index contributed by atoms with van der Waals surface area (Å²) in [5, 5.41) is 3.58. The Balaban J connectivity index is 1.93. The smallest absolute Gasteiger partial charge is 0.0364 e. The van der Waals surface area contributed by atoms with Crippen molar-refractivity contribution in [3.05, 3.63) is 59.9 Å². The van der Waals surface area contributed by atoms with Gasteiger partial charge in [0.05, 0.1) is 0 Å². The number of hydrogen-bond acceptors (Lipinski definition) is 1. The van der Waals surface area contributed by atoms with Crippen LogP contribution in [0.5, 0.6) is 0 Å². The van der Waals surface area contributed by atoms with Crippen molar-refractivity contribution >= 4 is 0 Å². The SMILES string of the molecule is CCCn1cccc1CN[C@@H](C)c1ccccc1. The van der Waals surface area contributed by atoms with E-state index in [1.165, 1.54) is 17.7 Å². The molecule has 2 nitrogen and oxygen atoms in total. The van der Waals surface area contributed by atoms with E-state index in [0.29, 0.717) is 6.04 Å². The molecule has 2 heteroatoms. The molecule has 2 aromatic rings. The Labute approximate surface area is 110 Å². The Morgan fingerprint density at radius 1 is 1.11 bits per heavy atom. The molecule has 0 radical (unpaired) electrons. The average molecular weight is 242 g/mol. The minimum Gasteiger partial charge on any atom is -0.350 e. The Hall–Kier alpha value is -1.54. The van der Waals surface area contributed by atoms with Crippen LogP contribution in [0.15, 0.2) is 48.7 Å². The van der Waals surface area contributed by atoms with Crippen LogP contribution < -0.4 is 5.32 Å². The highest BCUT2D eigenvalue weighted by atomic mass is 15.0. The summed E-state index contributed by atoms with van der Waals surface area (Å²) in [6.45, 7) is 6.44. The Bertz CT molecular complexity index is 459. The van der Waals surface area contributed by atoms with Gasteiger partial charge in [0, 0.05) is 31.0 Å². The third kappa shape index (κ3) is 3.23. The molecule has 0 spiro atoms. The molecule has 1 atom stereocenters. The zero-order chi connectivity index (χ0) is 12.8. The maximum atomic E-state index is 3.58. The van der Waals surface area contributed by atoms with Crippen molar-refractivity contribution in [3.8, 4) is 0 Å². The van der Waals surface area contributed by atoms with Gasteiger partial charge in [-0.3, -0.25) is 0 Å². The van der Waals surface area contributed by atoms with E-state index < -0.39 is 0 Å². The summed E-state index contributed by atoms with van der Waals surface area (Å²) in [6.07, 6.45) is 3.34. The van der Waals surface area contributed by atoms with Gasteiger partial charge >= 0.3 is 0 Å². The first-order valence-corrected chi connectivity index (χ1v) is 6.73. The largest absolute Gasteiger partial charge is 0.350 e. The molecule has 96 valence electrons. The molecule has 2 rings (SSSR count). The van der Waals surface area contributed by atoms with Crippen molar-refractivity contribution in [1.82, 2.24) is 9.88 Å². The van der Waals surface area contributed by atoms with Crippen molar-refractivity contribution in [1.29, 1.82) is 0 Å². The van der Waals surface area contributed by atoms with Gasteiger partial charge in [0.25, 0.3) is 0 Å². The lowest BCUT2D eigenvalue weighted by atomic mass is 10.1. The standard InChI is InChI=1S/C16H22N2/c1-3-11-18-12-7-10-16(18)13-17-14(2)15-8-5-4-6-9-15/h4-10,12,14,17H,3,11,13H2,1-2H3/t14-/m0/s1. The van der Waals surface area contributed by atoms with Crippen LogP contribution in [0.3, 0.4) is 0 Å². The molecule has 0 aliphatic heterocycles. The van der Waals surface area contributed by atoms with Crippen LogP contribution in [0.2, 0.25) is 0 Å². The van der Waals surface area contributed by atoms with Crippen LogP contribution in [0.1, 0.15) is 37.6 Å². The zero-order valence-electron chi connectivity index (χ0n) is 11.3. The number of hydrogen-bond donors (Lipinski definition) is 1. The molecule has 0 fully saturated rings. The first-order chi connectivity index (χ1) is 8.81. The first kappa shape index (κ1) is 12.9. The number of aromatic nitrogens is 1. The topological polar surface area (TPSA) is 17.0 Å². The summed E-state index contributed by atoms with van der Waals surface area (Å²) < 4.78 is 2.32. The molecule has 1 N–H and O–H groups in total. The Morgan fingerprint density at radius 3 is 2.61 bits per heavy atom. The fourth-order valence-corrected chi connectivity index (χ4v) is 2.19. The van der Waals surface area contributed by atoms with Crippen LogP contribution in [0, 0.1) is 0 Å². The van der Waals surface area contributed by atoms with Gasteiger partial charge in [0.2, 0.25) is 0 Å². The van der Waals surface area contributed by atoms with Crippen molar-refractivity contribution in [2.75, 3.05) is 0 Å². The summed E-state index contributed by atoms with van der Waals surface area (Å²) >= 11 is 0. The molecule has 1 heterocycles. The van der Waals surface area contributed by atoms with Crippen molar-refractivity contribution in [3.63, 3.8) is 0 Å². The predicted molar refractivity (Wildman–Crippen MR) is 76.4 cm³/mol. The second-order valence-corrected chi connectivity index (χ2v) is 4.71. The summed E-state index contributed by atoms with van der Waals surface area (Å²) in [5.41, 5.74) is 2.70. The predicted octanol–water partition coefficient (Wildman–Crippen LogP) is 3.75. The molecule has 0 aliphatic carbocycles. The van der Waals surface area contributed by atoms with Gasteiger partial charge < -0.3 is 9.88 Å². The molecule has 0 saturated carbocycles. The normalized spacial score (nSPS) is 12.6. The lowest BCUT2D eigenvalue weighted by molar-refractivity contribution is 0.542. The lowest BCUT2D eigenvalue weighted by Gasteiger charge is -2.15. The van der Waals surface area contributed by atoms with E-state index in [4.69, 9.17) is 0 Å². The number of nitrogens with zero attached hydrogens (tertiary/aromatic N) is 1. The van der Waals surface area contributed by atoms with Crippen LogP contribution in [-0.2, 0) is 13.1 Å². The van der Waals surface area contributed by atoms with E-state index in [9.17, 15) is 0 Å². The fourth-order valence-electron chi connectivity index (χ4n) is 2.19. The van der Waals surface area contributed by atoms with Gasteiger partial charge in [-0.25, -0.2) is 0 Å². The minimum absolute atomic E-state index is 0.385. The van der Waals surface area contributed by atoms with Gasteiger partial charge in [-0.05, 0) is 31.0 Å². The second kappa shape index (κ2) is 6.41. The monoisotopic (exact) mass is 242 g/mol. The Kier molecular flexibility index (Phi) is 4.59. The molecular formula is C16H22N2. The summed E-state index contributed by atoms with van der Waals surface area (Å²) in [6, 6.07) is 15.3. The Morgan fingerprint density at radius 2 is 1.89 bits per heavy atom. The van der Waals surface area contributed by atoms with E-state index in [1.54, 1.807) is 0 Å². The first-order valence-electron chi connectivity index (χ1n) is 6.73. The van der Waals surface area contributed by atoms with E-state index in [0.717, 1.165) is 13.1 Å². The molecule has 0 unspecified atom stereocenters. The highest BCUT2D eigenvalue weighted by Crippen LogP contribution is 2.12. The number of nitrogens with one attached hydrogen (secondary N) is 1. The van der Waals surface area contributed by atoms with E-state index in [1.807, 2.05) is 0 Å². The van der Waals surface area contributed by atoms with Gasteiger partial charge in [-0.1, -0.05) is 37.3 Å². The molecule has 0 bridgehead atoms. The maximum absolute atomic E-state index is 3.58. The third-order valence-corrected chi connectivity index (χ3v) is 3.28. The van der Waals surface area contributed by atoms with Crippen molar-refractivity contribution in [2.45, 2.75) is 39.4 Å². The zero-order valence-corrected chi connectivity index (χ0v) is 11.3. The molecular weight excluding hydrogens is 220 g/mol. The molecule has 1 aromatic heterocycles. The highest BCUT2D eigenvalue weighted by Gasteiger charge is 2.05. The van der Waals surface area contributed by atoms with Gasteiger partial charge in [-0.2, -0.15) is 0 Å². The highest BCUT2D eigenvalue weighted by molar-refractivity contribution is 5.18. The number of rotatable bonds is 6. The summed E-state index contributed by atoms with van der Waals surface area (Å²) in [7, 11) is 0.